The number of nitrogens with zero attached hydrogens (tertiary/aromatic N) is 2. The van der Waals surface area contributed by atoms with Gasteiger partial charge in [0.15, 0.2) is 5.96 Å². The molecule has 3 rings (SSSR count). The zero-order valence-corrected chi connectivity index (χ0v) is 16.7. The predicted molar refractivity (Wildman–Crippen MR) is 110 cm³/mol. The fraction of sp³-hybridized carbons (Fsp3) is 0.278. The van der Waals surface area contributed by atoms with Crippen molar-refractivity contribution in [1.82, 2.24) is 15.6 Å². The quantitative estimate of drug-likeness (QED) is 0.366. The number of guanidine groups is 1. The molecule has 1 aliphatic rings. The van der Waals surface area contributed by atoms with Crippen LogP contribution >= 0.6 is 24.0 Å². The standard InChI is InChI=1S/C18H20FN5O.HI/c1-20-18(23-11-16-14(19)6-4-8-21-16)22-10-12-9-17(25)24-15-7-3-2-5-13(12)15;/h2-8,12H,9-11H2,1H3,(H,24,25)(H2,20,22,23);1H. The van der Waals surface area contributed by atoms with Crippen LogP contribution in [0, 0.1) is 5.82 Å². The van der Waals surface area contributed by atoms with E-state index in [-0.39, 0.29) is 48.2 Å². The molecule has 1 aliphatic heterocycles. The van der Waals surface area contributed by atoms with Crippen LogP contribution in [0.1, 0.15) is 23.6 Å². The topological polar surface area (TPSA) is 78.4 Å². The van der Waals surface area contributed by atoms with Crippen LogP contribution in [0.2, 0.25) is 0 Å². The van der Waals surface area contributed by atoms with Crippen molar-refractivity contribution < 1.29 is 9.18 Å². The fourth-order valence-electron chi connectivity index (χ4n) is 2.84. The first-order chi connectivity index (χ1) is 12.2. The molecule has 0 aliphatic carbocycles. The molecule has 3 N–H and O–H groups in total. The van der Waals surface area contributed by atoms with Gasteiger partial charge in [0.1, 0.15) is 5.82 Å². The van der Waals surface area contributed by atoms with Gasteiger partial charge in [-0.15, -0.1) is 24.0 Å². The second-order valence-electron chi connectivity index (χ2n) is 5.78. The molecule has 2 aromatic rings. The number of pyridine rings is 1. The van der Waals surface area contributed by atoms with E-state index in [0.29, 0.717) is 24.6 Å². The molecule has 2 heterocycles. The fourth-order valence-corrected chi connectivity index (χ4v) is 2.84. The van der Waals surface area contributed by atoms with Crippen LogP contribution in [0.3, 0.4) is 0 Å². The summed E-state index contributed by atoms with van der Waals surface area (Å²) in [5.74, 6) is 0.232. The van der Waals surface area contributed by atoms with E-state index in [1.165, 1.54) is 6.07 Å². The minimum absolute atomic E-state index is 0. The zero-order valence-electron chi connectivity index (χ0n) is 14.3. The SMILES string of the molecule is CN=C(NCc1ncccc1F)NCC1CC(=O)Nc2ccccc21.I. The smallest absolute Gasteiger partial charge is 0.225 e. The van der Waals surface area contributed by atoms with Crippen LogP contribution in [0.25, 0.3) is 0 Å². The van der Waals surface area contributed by atoms with Crippen LogP contribution in [0.4, 0.5) is 10.1 Å². The van der Waals surface area contributed by atoms with Crippen LogP contribution in [0.15, 0.2) is 47.6 Å². The number of rotatable bonds is 4. The van der Waals surface area contributed by atoms with Gasteiger partial charge in [-0.3, -0.25) is 14.8 Å². The number of para-hydroxylation sites is 1. The number of benzene rings is 1. The Morgan fingerprint density at radius 1 is 1.31 bits per heavy atom. The van der Waals surface area contributed by atoms with Gasteiger partial charge < -0.3 is 16.0 Å². The highest BCUT2D eigenvalue weighted by atomic mass is 127. The summed E-state index contributed by atoms with van der Waals surface area (Å²) in [7, 11) is 1.64. The van der Waals surface area contributed by atoms with Crippen LogP contribution < -0.4 is 16.0 Å². The van der Waals surface area contributed by atoms with E-state index in [0.717, 1.165) is 11.3 Å². The summed E-state index contributed by atoms with van der Waals surface area (Å²) in [4.78, 5) is 20.0. The van der Waals surface area contributed by atoms with Crippen LogP contribution in [0.5, 0.6) is 0 Å². The molecular formula is C18H21FIN5O. The van der Waals surface area contributed by atoms with Crippen molar-refractivity contribution in [3.63, 3.8) is 0 Å². The third-order valence-corrected chi connectivity index (χ3v) is 4.10. The van der Waals surface area contributed by atoms with Crippen molar-refractivity contribution in [2.75, 3.05) is 18.9 Å². The largest absolute Gasteiger partial charge is 0.356 e. The van der Waals surface area contributed by atoms with Gasteiger partial charge in [-0.05, 0) is 23.8 Å². The van der Waals surface area contributed by atoms with Crippen molar-refractivity contribution >= 4 is 41.5 Å². The molecular weight excluding hydrogens is 448 g/mol. The van der Waals surface area contributed by atoms with Gasteiger partial charge >= 0.3 is 0 Å². The maximum atomic E-state index is 13.6. The van der Waals surface area contributed by atoms with Crippen LogP contribution in [-0.4, -0.2) is 30.4 Å². The van der Waals surface area contributed by atoms with Crippen molar-refractivity contribution in [1.29, 1.82) is 0 Å². The molecule has 138 valence electrons. The Balaban J connectivity index is 0.00000243. The van der Waals surface area contributed by atoms with E-state index >= 15 is 0 Å². The normalized spacial score (nSPS) is 16.2. The Hall–Kier alpha value is -2.23. The van der Waals surface area contributed by atoms with Crippen molar-refractivity contribution in [2.24, 2.45) is 4.99 Å². The number of hydrogen-bond donors (Lipinski definition) is 3. The molecule has 1 aromatic heterocycles. The molecule has 1 amide bonds. The van der Waals surface area contributed by atoms with Gasteiger partial charge in [-0.25, -0.2) is 4.39 Å². The maximum Gasteiger partial charge on any atom is 0.225 e. The lowest BCUT2D eigenvalue weighted by atomic mass is 9.90. The molecule has 0 fully saturated rings. The van der Waals surface area contributed by atoms with E-state index < -0.39 is 0 Å². The number of aliphatic imine (C=N–C) groups is 1. The van der Waals surface area contributed by atoms with E-state index in [1.807, 2.05) is 24.3 Å². The summed E-state index contributed by atoms with van der Waals surface area (Å²) in [6.07, 6.45) is 1.96. The first-order valence-corrected chi connectivity index (χ1v) is 8.10. The number of anilines is 1. The van der Waals surface area contributed by atoms with E-state index in [4.69, 9.17) is 0 Å². The Morgan fingerprint density at radius 3 is 2.88 bits per heavy atom. The van der Waals surface area contributed by atoms with Gasteiger partial charge in [0.05, 0.1) is 12.2 Å². The third-order valence-electron chi connectivity index (χ3n) is 4.10. The number of carbonyl (C=O) groups is 1. The number of carbonyl (C=O) groups excluding carboxylic acids is 1. The van der Waals surface area contributed by atoms with Gasteiger partial charge in [0.2, 0.25) is 5.91 Å². The first-order valence-electron chi connectivity index (χ1n) is 8.10. The summed E-state index contributed by atoms with van der Waals surface area (Å²) < 4.78 is 13.6. The number of amides is 1. The number of hydrogen-bond acceptors (Lipinski definition) is 3. The summed E-state index contributed by atoms with van der Waals surface area (Å²) >= 11 is 0. The molecule has 6 nitrogen and oxygen atoms in total. The molecule has 1 aromatic carbocycles. The minimum Gasteiger partial charge on any atom is -0.356 e. The van der Waals surface area contributed by atoms with Crippen molar-refractivity contribution in [2.45, 2.75) is 18.9 Å². The minimum atomic E-state index is -0.358. The van der Waals surface area contributed by atoms with Gasteiger partial charge in [-0.1, -0.05) is 18.2 Å². The average molecular weight is 469 g/mol. The Morgan fingerprint density at radius 2 is 2.12 bits per heavy atom. The lowest BCUT2D eigenvalue weighted by Crippen LogP contribution is -2.40. The van der Waals surface area contributed by atoms with E-state index in [2.05, 4.69) is 25.9 Å². The summed E-state index contributed by atoms with van der Waals surface area (Å²) in [6.45, 7) is 0.781. The van der Waals surface area contributed by atoms with E-state index in [1.54, 1.807) is 19.3 Å². The van der Waals surface area contributed by atoms with Crippen molar-refractivity contribution in [3.05, 3.63) is 59.7 Å². The first kappa shape index (κ1) is 20.1. The zero-order chi connectivity index (χ0) is 17.6. The summed E-state index contributed by atoms with van der Waals surface area (Å²) in [6, 6.07) is 10.7. The molecule has 0 saturated heterocycles. The Labute approximate surface area is 168 Å². The molecule has 1 atom stereocenters. The molecule has 0 radical (unpaired) electrons. The van der Waals surface area contributed by atoms with Crippen LogP contribution in [-0.2, 0) is 11.3 Å². The molecule has 26 heavy (non-hydrogen) atoms. The van der Waals surface area contributed by atoms with Crippen molar-refractivity contribution in [3.8, 4) is 0 Å². The number of fused-ring (bicyclic) bond motifs is 1. The van der Waals surface area contributed by atoms with Gasteiger partial charge in [0.25, 0.3) is 0 Å². The van der Waals surface area contributed by atoms with Gasteiger partial charge in [-0.2, -0.15) is 0 Å². The highest BCUT2D eigenvalue weighted by molar-refractivity contribution is 14.0. The second-order valence-corrected chi connectivity index (χ2v) is 5.78. The lowest BCUT2D eigenvalue weighted by molar-refractivity contribution is -0.116. The second kappa shape index (κ2) is 9.46. The highest BCUT2D eigenvalue weighted by Crippen LogP contribution is 2.31. The molecule has 0 spiro atoms. The average Bonchev–Trinajstić information content (AvgIpc) is 2.62. The predicted octanol–water partition coefficient (Wildman–Crippen LogP) is 2.63. The Bertz CT molecular complexity index is 799. The lowest BCUT2D eigenvalue weighted by Gasteiger charge is -2.26. The molecule has 8 heteroatoms. The number of aromatic nitrogens is 1. The molecule has 0 bridgehead atoms. The highest BCUT2D eigenvalue weighted by Gasteiger charge is 2.24. The monoisotopic (exact) mass is 469 g/mol. The number of halogens is 2. The Kier molecular flexibility index (Phi) is 7.31. The molecule has 0 saturated carbocycles. The summed E-state index contributed by atoms with van der Waals surface area (Å²) in [5.41, 5.74) is 2.28. The third kappa shape index (κ3) is 4.90. The summed E-state index contributed by atoms with van der Waals surface area (Å²) in [5, 5.41) is 9.12. The maximum absolute atomic E-state index is 13.6. The van der Waals surface area contributed by atoms with Gasteiger partial charge in [0, 0.05) is 37.8 Å². The molecule has 1 unspecified atom stereocenters. The number of nitrogens with one attached hydrogen (secondary N) is 3. The van der Waals surface area contributed by atoms with E-state index in [9.17, 15) is 9.18 Å².